The number of nitro groups is 1. The molecule has 1 heterocycles. The average Bonchev–Trinajstić information content (AvgIpc) is 2.85. The molecule has 8 heteroatoms. The summed E-state index contributed by atoms with van der Waals surface area (Å²) < 4.78 is 1.33. The van der Waals surface area contributed by atoms with Gasteiger partial charge in [-0.05, 0) is 30.4 Å². The summed E-state index contributed by atoms with van der Waals surface area (Å²) in [5.41, 5.74) is 0.802. The van der Waals surface area contributed by atoms with Gasteiger partial charge in [0.2, 0.25) is 0 Å². The van der Waals surface area contributed by atoms with E-state index in [1.165, 1.54) is 16.8 Å². The van der Waals surface area contributed by atoms with Crippen LogP contribution in [-0.4, -0.2) is 25.7 Å². The molecular weight excluding hydrogens is 288 g/mol. The fourth-order valence-electron chi connectivity index (χ4n) is 2.14. The van der Waals surface area contributed by atoms with E-state index in [9.17, 15) is 20.0 Å². The molecule has 116 valence electrons. The van der Waals surface area contributed by atoms with Crippen molar-refractivity contribution in [2.45, 2.75) is 26.3 Å². The first-order chi connectivity index (χ1) is 10.4. The number of carbonyl (C=O) groups excluding carboxylic acids is 1. The first-order valence-corrected chi connectivity index (χ1v) is 6.73. The van der Waals surface area contributed by atoms with Crippen LogP contribution < -0.4 is 5.32 Å². The smallest absolute Gasteiger partial charge is 0.390 e. The summed E-state index contributed by atoms with van der Waals surface area (Å²) in [6.45, 7) is 3.43. The lowest BCUT2D eigenvalue weighted by atomic mass is 10.2. The number of rotatable bonds is 5. The predicted molar refractivity (Wildman–Crippen MR) is 79.7 cm³/mol. The van der Waals surface area contributed by atoms with Gasteiger partial charge in [-0.25, -0.2) is 0 Å². The minimum Gasteiger partial charge on any atom is -0.506 e. The highest BCUT2D eigenvalue weighted by Gasteiger charge is 2.27. The SMILES string of the molecule is CCC(C(=O)Nc1ccccc1O)n1nc([N+](=O)[O-])cc1C. The number of phenolic OH excluding ortho intramolecular Hbond substituents is 1. The molecule has 0 aliphatic carbocycles. The van der Waals surface area contributed by atoms with Crippen molar-refractivity contribution in [3.8, 4) is 5.75 Å². The van der Waals surface area contributed by atoms with E-state index in [2.05, 4.69) is 10.4 Å². The van der Waals surface area contributed by atoms with Gasteiger partial charge in [-0.2, -0.15) is 4.68 Å². The molecule has 22 heavy (non-hydrogen) atoms. The highest BCUT2D eigenvalue weighted by atomic mass is 16.6. The number of aromatic hydroxyl groups is 1. The second kappa shape index (κ2) is 6.25. The van der Waals surface area contributed by atoms with Gasteiger partial charge in [-0.15, -0.1) is 0 Å². The summed E-state index contributed by atoms with van der Waals surface area (Å²) in [7, 11) is 0. The Morgan fingerprint density at radius 2 is 2.18 bits per heavy atom. The third kappa shape index (κ3) is 3.05. The Balaban J connectivity index is 2.26. The molecule has 0 fully saturated rings. The van der Waals surface area contributed by atoms with Crippen LogP contribution in [0.3, 0.4) is 0 Å². The number of aromatic nitrogens is 2. The molecule has 1 aromatic heterocycles. The molecule has 0 aliphatic rings. The maximum absolute atomic E-state index is 12.4. The number of amides is 1. The molecule has 0 spiro atoms. The number of nitrogens with zero attached hydrogens (tertiary/aromatic N) is 3. The molecule has 2 N–H and O–H groups in total. The number of carbonyl (C=O) groups is 1. The molecular formula is C14H16N4O4. The molecule has 0 bridgehead atoms. The van der Waals surface area contributed by atoms with E-state index in [1.807, 2.05) is 0 Å². The highest BCUT2D eigenvalue weighted by Crippen LogP contribution is 2.25. The van der Waals surface area contributed by atoms with Crippen molar-refractivity contribution in [2.24, 2.45) is 0 Å². The second-order valence-corrected chi connectivity index (χ2v) is 4.78. The van der Waals surface area contributed by atoms with Gasteiger partial charge >= 0.3 is 5.82 Å². The summed E-state index contributed by atoms with van der Waals surface area (Å²) in [5, 5.41) is 26.9. The van der Waals surface area contributed by atoms with Crippen molar-refractivity contribution < 1.29 is 14.8 Å². The first-order valence-electron chi connectivity index (χ1n) is 6.73. The van der Waals surface area contributed by atoms with Gasteiger partial charge in [-0.3, -0.25) is 4.79 Å². The van der Waals surface area contributed by atoms with Crippen LogP contribution in [-0.2, 0) is 4.79 Å². The van der Waals surface area contributed by atoms with Gasteiger partial charge in [0.25, 0.3) is 5.91 Å². The Morgan fingerprint density at radius 3 is 2.73 bits per heavy atom. The van der Waals surface area contributed by atoms with Crippen molar-refractivity contribution in [1.29, 1.82) is 0 Å². The maximum atomic E-state index is 12.4. The van der Waals surface area contributed by atoms with Gasteiger partial charge in [0.15, 0.2) is 6.04 Å². The van der Waals surface area contributed by atoms with Crippen molar-refractivity contribution in [3.05, 3.63) is 46.1 Å². The number of aryl methyl sites for hydroxylation is 1. The quantitative estimate of drug-likeness (QED) is 0.500. The predicted octanol–water partition coefficient (Wildman–Crippen LogP) is 2.40. The summed E-state index contributed by atoms with van der Waals surface area (Å²) in [6, 6.07) is 6.96. The first kappa shape index (κ1) is 15.5. The van der Waals surface area contributed by atoms with E-state index in [1.54, 1.807) is 32.0 Å². The number of anilines is 1. The lowest BCUT2D eigenvalue weighted by molar-refractivity contribution is -0.389. The lowest BCUT2D eigenvalue weighted by Gasteiger charge is -2.14. The number of benzene rings is 1. The molecule has 8 nitrogen and oxygen atoms in total. The van der Waals surface area contributed by atoms with E-state index in [4.69, 9.17) is 0 Å². The zero-order chi connectivity index (χ0) is 16.3. The molecule has 0 radical (unpaired) electrons. The van der Waals surface area contributed by atoms with Gasteiger partial charge in [0.1, 0.15) is 5.75 Å². The Hall–Kier alpha value is -2.90. The fraction of sp³-hybridized carbons (Fsp3) is 0.286. The topological polar surface area (TPSA) is 110 Å². The Kier molecular flexibility index (Phi) is 4.40. The van der Waals surface area contributed by atoms with E-state index >= 15 is 0 Å². The fourth-order valence-corrected chi connectivity index (χ4v) is 2.14. The van der Waals surface area contributed by atoms with E-state index in [0.717, 1.165) is 0 Å². The van der Waals surface area contributed by atoms with Crippen LogP contribution in [0, 0.1) is 17.0 Å². The van der Waals surface area contributed by atoms with Crippen molar-refractivity contribution in [2.75, 3.05) is 5.32 Å². The molecule has 1 unspecified atom stereocenters. The Morgan fingerprint density at radius 1 is 1.50 bits per heavy atom. The minimum atomic E-state index is -0.701. The molecule has 0 saturated carbocycles. The zero-order valence-electron chi connectivity index (χ0n) is 12.2. The van der Waals surface area contributed by atoms with Gasteiger partial charge in [0.05, 0.1) is 22.5 Å². The van der Waals surface area contributed by atoms with Crippen LogP contribution in [0.5, 0.6) is 5.75 Å². The van der Waals surface area contributed by atoms with Crippen LogP contribution in [0.4, 0.5) is 11.5 Å². The van der Waals surface area contributed by atoms with Crippen LogP contribution >= 0.6 is 0 Å². The van der Waals surface area contributed by atoms with Crippen LogP contribution in [0.15, 0.2) is 30.3 Å². The Bertz CT molecular complexity index is 711. The lowest BCUT2D eigenvalue weighted by Crippen LogP contribution is -2.27. The zero-order valence-corrected chi connectivity index (χ0v) is 12.2. The van der Waals surface area contributed by atoms with E-state index in [0.29, 0.717) is 12.1 Å². The number of hydrogen-bond donors (Lipinski definition) is 2. The van der Waals surface area contributed by atoms with Gasteiger partial charge < -0.3 is 20.5 Å². The number of nitrogens with one attached hydrogen (secondary N) is 1. The summed E-state index contributed by atoms with van der Waals surface area (Å²) in [5.74, 6) is -0.745. The molecule has 0 saturated heterocycles. The third-order valence-corrected chi connectivity index (χ3v) is 3.24. The van der Waals surface area contributed by atoms with Crippen LogP contribution in [0.2, 0.25) is 0 Å². The maximum Gasteiger partial charge on any atom is 0.390 e. The molecule has 2 aromatic rings. The normalized spacial score (nSPS) is 11.9. The molecule has 0 aliphatic heterocycles. The average molecular weight is 304 g/mol. The van der Waals surface area contributed by atoms with Crippen molar-refractivity contribution in [3.63, 3.8) is 0 Å². The van der Waals surface area contributed by atoms with E-state index in [-0.39, 0.29) is 17.3 Å². The highest BCUT2D eigenvalue weighted by molar-refractivity contribution is 5.94. The second-order valence-electron chi connectivity index (χ2n) is 4.78. The van der Waals surface area contributed by atoms with Crippen molar-refractivity contribution >= 4 is 17.4 Å². The molecule has 1 atom stereocenters. The minimum absolute atomic E-state index is 0.0473. The number of para-hydroxylation sites is 2. The largest absolute Gasteiger partial charge is 0.506 e. The van der Waals surface area contributed by atoms with Gasteiger partial charge in [-0.1, -0.05) is 19.1 Å². The van der Waals surface area contributed by atoms with Gasteiger partial charge in [0, 0.05) is 0 Å². The molecule has 1 aromatic carbocycles. The summed E-state index contributed by atoms with van der Waals surface area (Å²) in [4.78, 5) is 22.6. The van der Waals surface area contributed by atoms with Crippen LogP contribution in [0.25, 0.3) is 0 Å². The summed E-state index contributed by atoms with van der Waals surface area (Å²) >= 11 is 0. The van der Waals surface area contributed by atoms with Crippen molar-refractivity contribution in [1.82, 2.24) is 9.78 Å². The van der Waals surface area contributed by atoms with E-state index < -0.39 is 16.9 Å². The number of phenols is 1. The monoisotopic (exact) mass is 304 g/mol. The third-order valence-electron chi connectivity index (χ3n) is 3.24. The van der Waals surface area contributed by atoms with Crippen LogP contribution in [0.1, 0.15) is 25.1 Å². The summed E-state index contributed by atoms with van der Waals surface area (Å²) in [6.07, 6.45) is 0.402. The standard InChI is InChI=1S/C14H16N4O4/c1-3-11(17-9(2)8-13(16-17)18(21)22)14(20)15-10-6-4-5-7-12(10)19/h4-8,11,19H,3H2,1-2H3,(H,15,20). The number of hydrogen-bond acceptors (Lipinski definition) is 5. The Labute approximate surface area is 126 Å². The molecule has 2 rings (SSSR count). The molecule has 1 amide bonds.